The Morgan fingerprint density at radius 1 is 0.722 bits per heavy atom. The Balaban J connectivity index is 1.47. The number of hydrogen-bond acceptors (Lipinski definition) is 6. The van der Waals surface area contributed by atoms with Crippen molar-refractivity contribution in [1.29, 1.82) is 0 Å². The van der Waals surface area contributed by atoms with E-state index >= 15 is 0 Å². The predicted molar refractivity (Wildman–Crippen MR) is 143 cm³/mol. The van der Waals surface area contributed by atoms with Crippen LogP contribution in [0.3, 0.4) is 0 Å². The summed E-state index contributed by atoms with van der Waals surface area (Å²) in [6.45, 7) is 0. The number of nitrogens with zero attached hydrogens (tertiary/aromatic N) is 3. The highest BCUT2D eigenvalue weighted by molar-refractivity contribution is 5.95. The van der Waals surface area contributed by atoms with E-state index in [2.05, 4.69) is 39.8 Å². The quantitative estimate of drug-likeness (QED) is 0.283. The van der Waals surface area contributed by atoms with E-state index in [0.717, 1.165) is 44.2 Å². The van der Waals surface area contributed by atoms with Gasteiger partial charge in [0.15, 0.2) is 17.3 Å². The summed E-state index contributed by atoms with van der Waals surface area (Å²) < 4.78 is 11.1. The summed E-state index contributed by atoms with van der Waals surface area (Å²) in [6, 6.07) is 28.3. The smallest absolute Gasteiger partial charge is 0.162 e. The molecule has 0 saturated heterocycles. The van der Waals surface area contributed by atoms with Gasteiger partial charge < -0.3 is 14.8 Å². The molecule has 0 aliphatic carbocycles. The molecule has 2 N–H and O–H groups in total. The molecule has 0 amide bonds. The molecular weight excluding hydrogens is 450 g/mol. The van der Waals surface area contributed by atoms with Crippen LogP contribution in [0.4, 0.5) is 11.5 Å². The summed E-state index contributed by atoms with van der Waals surface area (Å²) in [6.07, 6.45) is 1.80. The van der Waals surface area contributed by atoms with Crippen molar-refractivity contribution in [2.75, 3.05) is 19.5 Å². The number of benzene rings is 4. The molecule has 0 bridgehead atoms. The van der Waals surface area contributed by atoms with Gasteiger partial charge in [-0.2, -0.15) is 5.10 Å². The molecule has 7 heteroatoms. The maximum Gasteiger partial charge on any atom is 0.162 e. The van der Waals surface area contributed by atoms with E-state index in [1.807, 2.05) is 60.7 Å². The summed E-state index contributed by atoms with van der Waals surface area (Å²) in [4.78, 5) is 9.80. The number of methoxy groups -OCH3 is 2. The fourth-order valence-corrected chi connectivity index (χ4v) is 4.28. The van der Waals surface area contributed by atoms with Crippen molar-refractivity contribution in [3.63, 3.8) is 0 Å². The van der Waals surface area contributed by atoms with Gasteiger partial charge in [-0.25, -0.2) is 9.97 Å². The molecule has 0 aliphatic rings. The van der Waals surface area contributed by atoms with Crippen molar-refractivity contribution in [3.8, 4) is 34.0 Å². The van der Waals surface area contributed by atoms with Gasteiger partial charge in [0.25, 0.3) is 0 Å². The van der Waals surface area contributed by atoms with Gasteiger partial charge in [0.05, 0.1) is 31.4 Å². The van der Waals surface area contributed by atoms with Crippen molar-refractivity contribution < 1.29 is 9.47 Å². The van der Waals surface area contributed by atoms with Crippen molar-refractivity contribution >= 4 is 33.3 Å². The molecule has 7 nitrogen and oxygen atoms in total. The molecule has 0 aliphatic heterocycles. The molecule has 6 aromatic rings. The molecule has 36 heavy (non-hydrogen) atoms. The van der Waals surface area contributed by atoms with Crippen LogP contribution in [-0.2, 0) is 0 Å². The Kier molecular flexibility index (Phi) is 5.42. The second-order valence-electron chi connectivity index (χ2n) is 8.36. The zero-order valence-electron chi connectivity index (χ0n) is 19.8. The lowest BCUT2D eigenvalue weighted by molar-refractivity contribution is 0.356. The van der Waals surface area contributed by atoms with Crippen LogP contribution in [0.1, 0.15) is 0 Å². The average Bonchev–Trinajstić information content (AvgIpc) is 3.41. The summed E-state index contributed by atoms with van der Waals surface area (Å²) >= 11 is 0. The van der Waals surface area contributed by atoms with E-state index in [4.69, 9.17) is 19.4 Å². The van der Waals surface area contributed by atoms with Crippen LogP contribution < -0.4 is 14.8 Å². The molecule has 6 rings (SSSR count). The predicted octanol–water partition coefficient (Wildman–Crippen LogP) is 6.60. The zero-order chi connectivity index (χ0) is 24.5. The first-order valence-corrected chi connectivity index (χ1v) is 11.5. The minimum Gasteiger partial charge on any atom is -0.493 e. The fraction of sp³-hybridized carbons (Fsp3) is 0.0690. The molecule has 0 atom stereocenters. The third kappa shape index (κ3) is 3.96. The number of aromatic amines is 1. The number of aromatic nitrogens is 4. The number of nitrogens with one attached hydrogen (secondary N) is 2. The monoisotopic (exact) mass is 473 g/mol. The van der Waals surface area contributed by atoms with Gasteiger partial charge in [0.1, 0.15) is 5.82 Å². The fourth-order valence-electron chi connectivity index (χ4n) is 4.28. The van der Waals surface area contributed by atoms with Gasteiger partial charge in [0, 0.05) is 28.1 Å². The number of H-pyrrole nitrogens is 1. The third-order valence-electron chi connectivity index (χ3n) is 6.15. The molecular formula is C29H23N5O2. The SMILES string of the molecule is COc1cc2nc(-c3ccc(-c4ccccc4)cc3)nc(Nc3ccc4[nH]ncc4c3)c2cc1OC. The first-order chi connectivity index (χ1) is 17.7. The average molecular weight is 474 g/mol. The highest BCUT2D eigenvalue weighted by Gasteiger charge is 2.15. The lowest BCUT2D eigenvalue weighted by atomic mass is 10.0. The highest BCUT2D eigenvalue weighted by Crippen LogP contribution is 2.36. The Bertz CT molecular complexity index is 1680. The van der Waals surface area contributed by atoms with Crippen LogP contribution in [-0.4, -0.2) is 34.4 Å². The molecule has 4 aromatic carbocycles. The lowest BCUT2D eigenvalue weighted by Crippen LogP contribution is -2.01. The van der Waals surface area contributed by atoms with Gasteiger partial charge in [0.2, 0.25) is 0 Å². The topological polar surface area (TPSA) is 85.0 Å². The minimum atomic E-state index is 0.611. The summed E-state index contributed by atoms with van der Waals surface area (Å²) in [7, 11) is 3.24. The minimum absolute atomic E-state index is 0.611. The molecule has 0 saturated carbocycles. The Morgan fingerprint density at radius 3 is 2.22 bits per heavy atom. The van der Waals surface area contributed by atoms with Crippen LogP contribution in [0.2, 0.25) is 0 Å². The maximum absolute atomic E-state index is 5.55. The van der Waals surface area contributed by atoms with E-state index in [0.29, 0.717) is 23.1 Å². The highest BCUT2D eigenvalue weighted by atomic mass is 16.5. The normalized spacial score (nSPS) is 11.1. The van der Waals surface area contributed by atoms with Crippen molar-refractivity contribution in [2.45, 2.75) is 0 Å². The van der Waals surface area contributed by atoms with Crippen LogP contribution in [0.15, 0.2) is 91.1 Å². The van der Waals surface area contributed by atoms with E-state index in [1.165, 1.54) is 0 Å². The van der Waals surface area contributed by atoms with Gasteiger partial charge in [-0.1, -0.05) is 54.6 Å². The Morgan fingerprint density at radius 2 is 1.44 bits per heavy atom. The van der Waals surface area contributed by atoms with Crippen molar-refractivity contribution in [1.82, 2.24) is 20.2 Å². The Labute approximate surface area is 207 Å². The van der Waals surface area contributed by atoms with Gasteiger partial charge in [-0.05, 0) is 35.4 Å². The summed E-state index contributed by atoms with van der Waals surface area (Å²) in [5, 5.41) is 12.4. The van der Waals surface area contributed by atoms with Crippen molar-refractivity contribution in [3.05, 3.63) is 91.1 Å². The molecule has 0 spiro atoms. The Hall–Kier alpha value is -4.91. The van der Waals surface area contributed by atoms with Gasteiger partial charge >= 0.3 is 0 Å². The first kappa shape index (κ1) is 21.6. The number of rotatable bonds is 6. The van der Waals surface area contributed by atoms with E-state index in [1.54, 1.807) is 20.4 Å². The van der Waals surface area contributed by atoms with Crippen LogP contribution in [0.25, 0.3) is 44.3 Å². The second kappa shape index (κ2) is 9.03. The zero-order valence-corrected chi connectivity index (χ0v) is 19.8. The molecule has 2 heterocycles. The third-order valence-corrected chi connectivity index (χ3v) is 6.15. The second-order valence-corrected chi connectivity index (χ2v) is 8.36. The molecule has 2 aromatic heterocycles. The van der Waals surface area contributed by atoms with Gasteiger partial charge in [-0.3, -0.25) is 5.10 Å². The van der Waals surface area contributed by atoms with Gasteiger partial charge in [-0.15, -0.1) is 0 Å². The summed E-state index contributed by atoms with van der Waals surface area (Å²) in [5.74, 6) is 2.51. The molecule has 176 valence electrons. The number of ether oxygens (including phenoxy) is 2. The first-order valence-electron chi connectivity index (χ1n) is 11.5. The van der Waals surface area contributed by atoms with Crippen molar-refractivity contribution in [2.24, 2.45) is 0 Å². The number of hydrogen-bond donors (Lipinski definition) is 2. The van der Waals surface area contributed by atoms with Crippen LogP contribution in [0, 0.1) is 0 Å². The van der Waals surface area contributed by atoms with Crippen LogP contribution >= 0.6 is 0 Å². The van der Waals surface area contributed by atoms with E-state index in [9.17, 15) is 0 Å². The molecule has 0 radical (unpaired) electrons. The van der Waals surface area contributed by atoms with E-state index in [-0.39, 0.29) is 0 Å². The standard InChI is InChI=1S/C29H23N5O2/c1-35-26-15-23-25(16-27(26)36-2)32-28(20-10-8-19(9-11-20)18-6-4-3-5-7-18)33-29(23)31-22-12-13-24-21(14-22)17-30-34-24/h3-17H,1-2H3,(H,30,34)(H,31,32,33). The van der Waals surface area contributed by atoms with Crippen LogP contribution in [0.5, 0.6) is 11.5 Å². The summed E-state index contributed by atoms with van der Waals surface area (Å²) in [5.41, 5.74) is 5.83. The largest absolute Gasteiger partial charge is 0.493 e. The number of anilines is 2. The molecule has 0 unspecified atom stereocenters. The lowest BCUT2D eigenvalue weighted by Gasteiger charge is -2.14. The number of fused-ring (bicyclic) bond motifs is 2. The maximum atomic E-state index is 5.55. The molecule has 0 fully saturated rings. The van der Waals surface area contributed by atoms with E-state index < -0.39 is 0 Å².